The van der Waals surface area contributed by atoms with Crippen LogP contribution in [0, 0.1) is 6.92 Å². The molecule has 1 aromatic carbocycles. The van der Waals surface area contributed by atoms with Crippen molar-refractivity contribution < 1.29 is 13.5 Å². The van der Waals surface area contributed by atoms with Crippen molar-refractivity contribution in [1.82, 2.24) is 0 Å². The van der Waals surface area contributed by atoms with Crippen LogP contribution in [0.3, 0.4) is 0 Å². The van der Waals surface area contributed by atoms with E-state index in [1.54, 1.807) is 6.92 Å². The minimum Gasteiger partial charge on any atom is -0.507 e. The van der Waals surface area contributed by atoms with Gasteiger partial charge in [0.05, 0.1) is 16.4 Å². The minimum atomic E-state index is -3.28. The van der Waals surface area contributed by atoms with Crippen molar-refractivity contribution in [3.05, 3.63) is 22.2 Å². The van der Waals surface area contributed by atoms with Crippen LogP contribution in [-0.4, -0.2) is 19.8 Å². The summed E-state index contributed by atoms with van der Waals surface area (Å²) >= 11 is 3.10. The van der Waals surface area contributed by atoms with Crippen LogP contribution < -0.4 is 4.72 Å². The minimum absolute atomic E-state index is 0.0848. The highest BCUT2D eigenvalue weighted by molar-refractivity contribution is 9.10. The lowest BCUT2D eigenvalue weighted by Gasteiger charge is -2.08. The number of aryl methyl sites for hydroxylation is 1. The number of phenolic OH excluding ortho intramolecular Hbond substituents is 1. The molecular weight excluding hydrogens is 270 g/mol. The van der Waals surface area contributed by atoms with Gasteiger partial charge in [0.15, 0.2) is 0 Å². The van der Waals surface area contributed by atoms with E-state index in [9.17, 15) is 13.5 Å². The summed E-state index contributed by atoms with van der Waals surface area (Å²) in [4.78, 5) is 0. The maximum Gasteiger partial charge on any atom is 0.229 e. The third-order valence-corrected chi connectivity index (χ3v) is 2.82. The standard InChI is InChI=1S/C8H10BrNO3S/c1-5-3-8(11)6(9)4-7(5)10-14(2,12)13/h3-4,10-11H,1-2H3. The summed E-state index contributed by atoms with van der Waals surface area (Å²) in [5.74, 6) is 0.0848. The SMILES string of the molecule is Cc1cc(O)c(Br)cc1NS(C)(=O)=O. The Morgan fingerprint density at radius 2 is 2.00 bits per heavy atom. The molecule has 0 aliphatic carbocycles. The number of aromatic hydroxyl groups is 1. The summed E-state index contributed by atoms with van der Waals surface area (Å²) in [5, 5.41) is 9.30. The first kappa shape index (κ1) is 11.3. The van der Waals surface area contributed by atoms with Crippen LogP contribution in [0.15, 0.2) is 16.6 Å². The second-order valence-electron chi connectivity index (χ2n) is 2.99. The molecule has 0 saturated heterocycles. The lowest BCUT2D eigenvalue weighted by molar-refractivity contribution is 0.471. The molecule has 0 aliphatic rings. The van der Waals surface area contributed by atoms with Gasteiger partial charge < -0.3 is 5.11 Å². The van der Waals surface area contributed by atoms with Crippen LogP contribution >= 0.6 is 15.9 Å². The fourth-order valence-electron chi connectivity index (χ4n) is 0.976. The molecule has 0 heterocycles. The Kier molecular flexibility index (Phi) is 3.06. The van der Waals surface area contributed by atoms with E-state index >= 15 is 0 Å². The van der Waals surface area contributed by atoms with E-state index in [4.69, 9.17) is 0 Å². The fourth-order valence-corrected chi connectivity index (χ4v) is 1.94. The van der Waals surface area contributed by atoms with Gasteiger partial charge in [0.2, 0.25) is 10.0 Å². The van der Waals surface area contributed by atoms with Crippen molar-refractivity contribution in [2.45, 2.75) is 6.92 Å². The Bertz CT molecular complexity index is 456. The predicted molar refractivity (Wildman–Crippen MR) is 59.0 cm³/mol. The topological polar surface area (TPSA) is 66.4 Å². The Hall–Kier alpha value is -0.750. The van der Waals surface area contributed by atoms with Gasteiger partial charge in [-0.25, -0.2) is 8.42 Å². The highest BCUT2D eigenvalue weighted by Gasteiger charge is 2.08. The highest BCUT2D eigenvalue weighted by Crippen LogP contribution is 2.30. The third kappa shape index (κ3) is 2.88. The van der Waals surface area contributed by atoms with Crippen molar-refractivity contribution in [2.24, 2.45) is 0 Å². The first-order valence-corrected chi connectivity index (χ1v) is 6.45. The van der Waals surface area contributed by atoms with Crippen LogP contribution in [0.2, 0.25) is 0 Å². The zero-order valence-electron chi connectivity index (χ0n) is 7.70. The van der Waals surface area contributed by atoms with Crippen molar-refractivity contribution in [3.8, 4) is 5.75 Å². The average molecular weight is 280 g/mol. The van der Waals surface area contributed by atoms with E-state index < -0.39 is 10.0 Å². The van der Waals surface area contributed by atoms with Crippen LogP contribution in [-0.2, 0) is 10.0 Å². The summed E-state index contributed by atoms with van der Waals surface area (Å²) in [6.45, 7) is 1.71. The molecule has 2 N–H and O–H groups in total. The van der Waals surface area contributed by atoms with Crippen LogP contribution in [0.1, 0.15) is 5.56 Å². The second kappa shape index (κ2) is 3.78. The number of hydrogen-bond acceptors (Lipinski definition) is 3. The molecule has 0 atom stereocenters. The van der Waals surface area contributed by atoms with Crippen molar-refractivity contribution >= 4 is 31.6 Å². The monoisotopic (exact) mass is 279 g/mol. The first-order chi connectivity index (χ1) is 6.29. The van der Waals surface area contributed by atoms with Crippen LogP contribution in [0.5, 0.6) is 5.75 Å². The summed E-state index contributed by atoms with van der Waals surface area (Å²) in [7, 11) is -3.28. The summed E-state index contributed by atoms with van der Waals surface area (Å²) < 4.78 is 24.7. The summed E-state index contributed by atoms with van der Waals surface area (Å²) in [6, 6.07) is 3.00. The first-order valence-electron chi connectivity index (χ1n) is 3.76. The molecule has 0 spiro atoms. The quantitative estimate of drug-likeness (QED) is 0.812. The number of benzene rings is 1. The number of anilines is 1. The van der Waals surface area contributed by atoms with Crippen molar-refractivity contribution in [2.75, 3.05) is 11.0 Å². The Labute approximate surface area is 91.1 Å². The Morgan fingerprint density at radius 3 is 2.50 bits per heavy atom. The molecule has 0 bridgehead atoms. The number of hydrogen-bond donors (Lipinski definition) is 2. The molecule has 1 aromatic rings. The van der Waals surface area contributed by atoms with Gasteiger partial charge in [-0.3, -0.25) is 4.72 Å². The molecular formula is C8H10BrNO3S. The molecule has 0 radical (unpaired) electrons. The fraction of sp³-hybridized carbons (Fsp3) is 0.250. The van der Waals surface area contributed by atoms with Crippen molar-refractivity contribution in [3.63, 3.8) is 0 Å². The molecule has 6 heteroatoms. The molecule has 0 saturated carbocycles. The lowest BCUT2D eigenvalue weighted by Crippen LogP contribution is -2.10. The number of phenols is 1. The van der Waals surface area contributed by atoms with E-state index in [-0.39, 0.29) is 5.75 Å². The number of nitrogens with one attached hydrogen (secondary N) is 1. The molecule has 14 heavy (non-hydrogen) atoms. The highest BCUT2D eigenvalue weighted by atomic mass is 79.9. The maximum absolute atomic E-state index is 11.0. The van der Waals surface area contributed by atoms with Crippen LogP contribution in [0.25, 0.3) is 0 Å². The van der Waals surface area contributed by atoms with E-state index in [2.05, 4.69) is 20.7 Å². The summed E-state index contributed by atoms with van der Waals surface area (Å²) in [6.07, 6.45) is 1.08. The second-order valence-corrected chi connectivity index (χ2v) is 5.60. The van der Waals surface area contributed by atoms with E-state index in [1.165, 1.54) is 12.1 Å². The van der Waals surface area contributed by atoms with Gasteiger partial charge in [0.25, 0.3) is 0 Å². The molecule has 0 amide bonds. The molecule has 0 unspecified atom stereocenters. The number of halogens is 1. The van der Waals surface area contributed by atoms with E-state index in [0.29, 0.717) is 15.7 Å². The molecule has 0 fully saturated rings. The molecule has 0 aromatic heterocycles. The normalized spacial score (nSPS) is 11.4. The zero-order chi connectivity index (χ0) is 10.9. The van der Waals surface area contributed by atoms with Gasteiger partial charge in [-0.15, -0.1) is 0 Å². The van der Waals surface area contributed by atoms with Gasteiger partial charge in [-0.05, 0) is 40.5 Å². The predicted octanol–water partition coefficient (Wildman–Crippen LogP) is 1.83. The number of rotatable bonds is 2. The zero-order valence-corrected chi connectivity index (χ0v) is 10.1. The molecule has 0 aliphatic heterocycles. The maximum atomic E-state index is 11.0. The van der Waals surface area contributed by atoms with Gasteiger partial charge in [0, 0.05) is 0 Å². The lowest BCUT2D eigenvalue weighted by atomic mass is 10.2. The summed E-state index contributed by atoms with van der Waals surface area (Å²) in [5.41, 5.74) is 1.12. The van der Waals surface area contributed by atoms with Gasteiger partial charge in [0.1, 0.15) is 5.75 Å². The van der Waals surface area contributed by atoms with Crippen molar-refractivity contribution in [1.29, 1.82) is 0 Å². The number of sulfonamides is 1. The Morgan fingerprint density at radius 1 is 1.43 bits per heavy atom. The van der Waals surface area contributed by atoms with Gasteiger partial charge >= 0.3 is 0 Å². The van der Waals surface area contributed by atoms with E-state index in [0.717, 1.165) is 6.26 Å². The smallest absolute Gasteiger partial charge is 0.229 e. The average Bonchev–Trinajstić information content (AvgIpc) is 1.97. The largest absolute Gasteiger partial charge is 0.507 e. The van der Waals surface area contributed by atoms with E-state index in [1.807, 2.05) is 0 Å². The third-order valence-electron chi connectivity index (χ3n) is 1.59. The molecule has 78 valence electrons. The van der Waals surface area contributed by atoms with Gasteiger partial charge in [-0.2, -0.15) is 0 Å². The molecule has 1 rings (SSSR count). The van der Waals surface area contributed by atoms with Gasteiger partial charge in [-0.1, -0.05) is 0 Å². The van der Waals surface area contributed by atoms with Crippen LogP contribution in [0.4, 0.5) is 5.69 Å². The molecule has 4 nitrogen and oxygen atoms in total. The Balaban J connectivity index is 3.17.